The number of hydrogen-bond donors (Lipinski definition) is 0. The van der Waals surface area contributed by atoms with Crippen LogP contribution in [0.2, 0.25) is 0 Å². The minimum absolute atomic E-state index is 0.0110. The number of furan rings is 1. The topological polar surface area (TPSA) is 29.5 Å². The zero-order chi connectivity index (χ0) is 89.5. The normalized spacial score (nSPS) is 14.5. The van der Waals surface area contributed by atoms with E-state index in [9.17, 15) is 11.0 Å². The van der Waals surface area contributed by atoms with Crippen LogP contribution in [0.4, 0.5) is 34.1 Å². The van der Waals surface area contributed by atoms with E-state index in [0.29, 0.717) is 22.5 Å². The van der Waals surface area contributed by atoms with Crippen LogP contribution >= 0.6 is 0 Å². The Morgan fingerprint density at radius 3 is 1.14 bits per heavy atom. The summed E-state index contributed by atoms with van der Waals surface area (Å²) in [5.74, 6) is 0. The Bertz CT molecular complexity index is 7290. The summed E-state index contributed by atoms with van der Waals surface area (Å²) in [6, 6.07) is 82.0. The van der Waals surface area contributed by atoms with Crippen LogP contribution in [0.1, 0.15) is 195 Å². The van der Waals surface area contributed by atoms with Gasteiger partial charge in [0, 0.05) is 60.8 Å². The fraction of sp³-hybridized carbons (Fsp3) is 0.250. The third-order valence-corrected chi connectivity index (χ3v) is 25.2. The van der Waals surface area contributed by atoms with E-state index in [2.05, 4.69) is 390 Å². The van der Waals surface area contributed by atoms with Gasteiger partial charge in [0.15, 0.2) is 11.2 Å². The summed E-state index contributed by atoms with van der Waals surface area (Å²) >= 11 is 0. The molecule has 0 aliphatic carbocycles. The van der Waals surface area contributed by atoms with Crippen LogP contribution in [0.5, 0.6) is 0 Å². The first kappa shape index (κ1) is 67.2. The molecule has 19 rings (SSSR count). The van der Waals surface area contributed by atoms with Crippen LogP contribution in [0.25, 0.3) is 121 Å². The van der Waals surface area contributed by atoms with E-state index in [0.717, 1.165) is 128 Å². The van der Waals surface area contributed by atoms with Crippen LogP contribution in [-0.2, 0) is 37.9 Å². The Kier molecular flexibility index (Phi) is 15.3. The second kappa shape index (κ2) is 26.8. The number of nitrogens with zero attached hydrogens (tertiary/aromatic N) is 4. The van der Waals surface area contributed by atoms with Crippen molar-refractivity contribution in [2.45, 2.75) is 183 Å². The lowest BCUT2D eigenvalue weighted by molar-refractivity contribution is 0.568. The largest absolute Gasteiger partial charge is 0.452 e. The summed E-state index contributed by atoms with van der Waals surface area (Å²) in [6.07, 6.45) is 0. The van der Waals surface area contributed by atoms with Gasteiger partial charge in [-0.2, -0.15) is 0 Å². The predicted octanol–water partition coefficient (Wildman–Crippen LogP) is 29.6. The van der Waals surface area contributed by atoms with Gasteiger partial charge in [-0.1, -0.05) is 333 Å². The molecule has 17 aromatic rings. The Hall–Kier alpha value is -11.9. The summed E-state index contributed by atoms with van der Waals surface area (Å²) < 4.78 is 90.5. The van der Waals surface area contributed by atoms with E-state index in [1.807, 2.05) is 0 Å². The molecule has 0 N–H and O–H groups in total. The Balaban J connectivity index is 1.00. The number of aromatic nitrogens is 2. The fourth-order valence-electron chi connectivity index (χ4n) is 18.2. The zero-order valence-electron chi connectivity index (χ0n) is 80.2. The third kappa shape index (κ3) is 12.8. The Labute approximate surface area is 710 Å². The molecule has 586 valence electrons. The number of rotatable bonds is 8. The third-order valence-electron chi connectivity index (χ3n) is 25.2. The van der Waals surface area contributed by atoms with Crippen molar-refractivity contribution in [2.75, 3.05) is 9.80 Å². The average Bonchev–Trinajstić information content (AvgIpc) is 1.19. The summed E-state index contributed by atoms with van der Waals surface area (Å²) in [6.45, 7) is 47.2. The summed E-state index contributed by atoms with van der Waals surface area (Å²) in [4.78, 5) is 4.78. The van der Waals surface area contributed by atoms with Crippen molar-refractivity contribution in [2.24, 2.45) is 0 Å². The van der Waals surface area contributed by atoms with Gasteiger partial charge in [0.05, 0.1) is 50.1 Å². The molecule has 0 saturated heterocycles. The van der Waals surface area contributed by atoms with Gasteiger partial charge < -0.3 is 23.4 Å². The van der Waals surface area contributed by atoms with Gasteiger partial charge in [0.1, 0.15) is 0 Å². The van der Waals surface area contributed by atoms with Gasteiger partial charge in [0.2, 0.25) is 0 Å². The molecule has 0 saturated carbocycles. The molecule has 0 atom stereocenters. The van der Waals surface area contributed by atoms with Gasteiger partial charge in [-0.3, -0.25) is 0 Å². The minimum atomic E-state index is -0.524. The van der Waals surface area contributed by atoms with Crippen LogP contribution in [0.3, 0.4) is 0 Å². The number of anilines is 6. The maximum Gasteiger partial charge on any atom is 0.252 e. The van der Waals surface area contributed by atoms with E-state index in [1.165, 1.54) is 38.9 Å². The first-order chi connectivity index (χ1) is 59.2. The van der Waals surface area contributed by atoms with Crippen molar-refractivity contribution in [3.05, 3.63) is 318 Å². The first-order valence-electron chi connectivity index (χ1n) is 46.0. The Morgan fingerprint density at radius 1 is 0.246 bits per heavy atom. The zero-order valence-corrected chi connectivity index (χ0v) is 72.2. The smallest absolute Gasteiger partial charge is 0.252 e. The van der Waals surface area contributed by atoms with E-state index in [1.54, 1.807) is 4.57 Å². The van der Waals surface area contributed by atoms with Crippen molar-refractivity contribution in [1.82, 2.24) is 9.13 Å². The second-order valence-corrected chi connectivity index (χ2v) is 40.6. The maximum absolute atomic E-state index is 10.3. The second-order valence-electron chi connectivity index (χ2n) is 40.6. The van der Waals surface area contributed by atoms with Crippen molar-refractivity contribution >= 4 is 123 Å². The highest BCUT2D eigenvalue weighted by molar-refractivity contribution is 7.00. The molecule has 0 spiro atoms. The van der Waals surface area contributed by atoms with E-state index < -0.39 is 55.1 Å². The molecule has 0 radical (unpaired) electrons. The summed E-state index contributed by atoms with van der Waals surface area (Å²) in [7, 11) is 0. The molecular weight excluding hydrogens is 1430 g/mol. The molecule has 2 aliphatic rings. The molecule has 3 aromatic heterocycles. The fourth-order valence-corrected chi connectivity index (χ4v) is 18.2. The van der Waals surface area contributed by atoms with Crippen LogP contribution in [0, 0.1) is 0 Å². The minimum Gasteiger partial charge on any atom is -0.452 e. The van der Waals surface area contributed by atoms with E-state index >= 15 is 0 Å². The quantitative estimate of drug-likeness (QED) is 0.142. The lowest BCUT2D eigenvalue weighted by Crippen LogP contribution is -2.61. The standard InChI is InChI=1S/C112H109BN4O/c1-106(2,3)76-35-29-34-69(53-76)73-52-72(68-32-23-22-24-33-68)58-83(59-73)115-99-60-70(74-54-79(109(10,11)12)62-80(55-74)110(13,14)15)44-48-91(99)113-92-49-45-71(75-56-81(111(16,17)18)63-82(57-75)112(19,20)21)61-100(92)117(102-67-84(66-101(115)103(102)113)114-93-40-27-25-36-85(93)86-37-26-28-41-94(86)114)98-43-31-39-88-87-38-30-42-97(104(87)118-105(88)98)116-95-50-46-77(107(4,5)6)64-89(95)90-65-78(108(7,8)9)47-51-96(90)116/h22-67H,1-21H3/i25D,26D,27D,28D,36D,37D,40D,41D. The van der Waals surface area contributed by atoms with E-state index in [4.69, 9.17) is 4.42 Å². The van der Waals surface area contributed by atoms with Crippen LogP contribution in [0.15, 0.2) is 283 Å². The van der Waals surface area contributed by atoms with Gasteiger partial charge in [-0.25, -0.2) is 0 Å². The van der Waals surface area contributed by atoms with Gasteiger partial charge in [-0.05, 0) is 229 Å². The highest BCUT2D eigenvalue weighted by atomic mass is 16.3. The number of para-hydroxylation sites is 4. The van der Waals surface area contributed by atoms with Crippen molar-refractivity contribution < 1.29 is 15.4 Å². The summed E-state index contributed by atoms with van der Waals surface area (Å²) in [5, 5.41) is 4.08. The molecule has 0 unspecified atom stereocenters. The molecule has 0 fully saturated rings. The number of fused-ring (bicyclic) bond motifs is 13. The molecule has 2 aliphatic heterocycles. The highest BCUT2D eigenvalue weighted by Crippen LogP contribution is 2.53. The molecular formula is C112H109BN4O. The average molecular weight is 1550 g/mol. The molecule has 5 heterocycles. The van der Waals surface area contributed by atoms with Crippen LogP contribution < -0.4 is 26.2 Å². The monoisotopic (exact) mass is 1540 g/mol. The lowest BCUT2D eigenvalue weighted by atomic mass is 9.33. The lowest BCUT2D eigenvalue weighted by Gasteiger charge is -2.45. The van der Waals surface area contributed by atoms with Gasteiger partial charge in [0.25, 0.3) is 6.71 Å². The summed E-state index contributed by atoms with van der Waals surface area (Å²) in [5.41, 5.74) is 27.7. The highest BCUT2D eigenvalue weighted by Gasteiger charge is 2.46. The molecule has 6 heteroatoms. The molecule has 118 heavy (non-hydrogen) atoms. The molecule has 0 bridgehead atoms. The number of hydrogen-bond acceptors (Lipinski definition) is 3. The van der Waals surface area contributed by atoms with E-state index in [-0.39, 0.29) is 59.7 Å². The van der Waals surface area contributed by atoms with Crippen LogP contribution in [-0.4, -0.2) is 15.8 Å². The molecule has 0 amide bonds. The van der Waals surface area contributed by atoms with Crippen molar-refractivity contribution in [1.29, 1.82) is 0 Å². The molecule has 5 nitrogen and oxygen atoms in total. The van der Waals surface area contributed by atoms with Crippen molar-refractivity contribution in [3.63, 3.8) is 0 Å². The maximum atomic E-state index is 10.3. The number of benzene rings is 14. The molecule has 14 aromatic carbocycles. The van der Waals surface area contributed by atoms with Crippen molar-refractivity contribution in [3.8, 4) is 55.9 Å². The Morgan fingerprint density at radius 2 is 0.644 bits per heavy atom. The first-order valence-corrected chi connectivity index (χ1v) is 42.0. The predicted molar refractivity (Wildman–Crippen MR) is 509 cm³/mol. The SMILES string of the molecule is [2H]c1c([2H])c([2H])c2c(c1[2H])c1c([2H])c([2H])c([2H])c([2H])c1n2-c1cc2c3c(c1)N(c1cccc4c1oc1c(-n5c6ccc(C(C)(C)C)cc6c6cc(C(C)(C)C)ccc65)cccc14)c1cc(-c4cc(C(C)(C)C)cc(C(C)(C)C)c4)ccc1B3c1ccc(-c3cc(C(C)(C)C)cc(C(C)(C)C)c3)cc1N2c1cc(-c2ccccc2)cc(-c2cccc(C(C)(C)C)c2)c1. The van der Waals surface area contributed by atoms with Gasteiger partial charge >= 0.3 is 0 Å². The van der Waals surface area contributed by atoms with Gasteiger partial charge in [-0.15, -0.1) is 0 Å².